The van der Waals surface area contributed by atoms with E-state index >= 15 is 0 Å². The lowest BCUT2D eigenvalue weighted by molar-refractivity contribution is 0.370. The number of rotatable bonds is 3. The average Bonchev–Trinajstić information content (AvgIpc) is 2.98. The number of ether oxygens (including phenoxy) is 1. The molecule has 3 aromatic carbocycles. The monoisotopic (exact) mass is 312 g/mol. The van der Waals surface area contributed by atoms with E-state index in [1.807, 2.05) is 43.4 Å². The van der Waals surface area contributed by atoms with E-state index in [0.717, 1.165) is 28.2 Å². The molecule has 24 heavy (non-hydrogen) atoms. The van der Waals surface area contributed by atoms with Crippen molar-refractivity contribution in [2.75, 3.05) is 6.61 Å². The Labute approximate surface area is 140 Å². The highest BCUT2D eigenvalue weighted by Gasteiger charge is 2.12. The Morgan fingerprint density at radius 1 is 1.04 bits per heavy atom. The Morgan fingerprint density at radius 2 is 1.83 bits per heavy atom. The Morgan fingerprint density at radius 3 is 2.62 bits per heavy atom. The highest BCUT2D eigenvalue weighted by Crippen LogP contribution is 2.29. The zero-order valence-electron chi connectivity index (χ0n) is 13.4. The first-order chi connectivity index (χ1) is 11.8. The van der Waals surface area contributed by atoms with Crippen LogP contribution in [0.2, 0.25) is 0 Å². The molecule has 116 valence electrons. The first kappa shape index (κ1) is 14.3. The zero-order chi connectivity index (χ0) is 16.5. The van der Waals surface area contributed by atoms with Crippen molar-refractivity contribution in [2.45, 2.75) is 0 Å². The van der Waals surface area contributed by atoms with Crippen LogP contribution < -0.4 is 4.74 Å². The highest BCUT2D eigenvalue weighted by atomic mass is 16.5. The third kappa shape index (κ3) is 2.29. The average molecular weight is 312 g/mol. The van der Waals surface area contributed by atoms with Crippen molar-refractivity contribution < 1.29 is 4.74 Å². The smallest absolute Gasteiger partial charge is 0.148 e. The van der Waals surface area contributed by atoms with E-state index < -0.39 is 0 Å². The summed E-state index contributed by atoms with van der Waals surface area (Å²) in [4.78, 5) is 4.89. The molecule has 0 spiro atoms. The molecule has 0 amide bonds. The maximum absolute atomic E-state index is 5.43. The van der Waals surface area contributed by atoms with Crippen LogP contribution in [0.4, 0.5) is 0 Å². The lowest BCUT2D eigenvalue weighted by atomic mass is 10.1. The number of nitrogens with zero attached hydrogens (tertiary/aromatic N) is 2. The van der Waals surface area contributed by atoms with Crippen LogP contribution in [0, 0.1) is 12.3 Å². The van der Waals surface area contributed by atoms with Crippen molar-refractivity contribution in [1.29, 1.82) is 0 Å². The van der Waals surface area contributed by atoms with E-state index in [2.05, 4.69) is 34.8 Å². The maximum Gasteiger partial charge on any atom is 0.148 e. The summed E-state index contributed by atoms with van der Waals surface area (Å²) in [6.07, 6.45) is 5.22. The molecule has 4 aromatic rings. The van der Waals surface area contributed by atoms with Gasteiger partial charge < -0.3 is 9.30 Å². The van der Waals surface area contributed by atoms with Gasteiger partial charge in [-0.2, -0.15) is 0 Å². The van der Waals surface area contributed by atoms with E-state index in [9.17, 15) is 0 Å². The minimum Gasteiger partial charge on any atom is -0.481 e. The Bertz CT molecular complexity index is 1070. The normalized spacial score (nSPS) is 10.8. The second kappa shape index (κ2) is 5.75. The lowest BCUT2D eigenvalue weighted by Crippen LogP contribution is -1.94. The molecule has 1 aromatic heterocycles. The van der Waals surface area contributed by atoms with Gasteiger partial charge in [0.2, 0.25) is 0 Å². The molecule has 4 rings (SSSR count). The molecule has 0 aliphatic heterocycles. The summed E-state index contributed by atoms with van der Waals surface area (Å²) < 4.78 is 7.55. The molecule has 0 fully saturated rings. The number of benzene rings is 3. The summed E-state index contributed by atoms with van der Waals surface area (Å²) >= 11 is 0. The van der Waals surface area contributed by atoms with Crippen LogP contribution in [0.5, 0.6) is 5.75 Å². The molecule has 0 N–H and O–H groups in total. The van der Waals surface area contributed by atoms with Crippen molar-refractivity contribution in [3.63, 3.8) is 0 Å². The largest absolute Gasteiger partial charge is 0.481 e. The van der Waals surface area contributed by atoms with Crippen LogP contribution in [0.3, 0.4) is 0 Å². The van der Waals surface area contributed by atoms with Gasteiger partial charge in [-0.05, 0) is 35.7 Å². The van der Waals surface area contributed by atoms with E-state index in [1.54, 1.807) is 0 Å². The first-order valence-corrected chi connectivity index (χ1v) is 7.79. The third-order valence-electron chi connectivity index (χ3n) is 4.21. The SMILES string of the molecule is C#CCOc1ccc(-c2nc3c4ccccc4ccc3n2C)cc1. The van der Waals surface area contributed by atoms with Crippen LogP contribution in [-0.2, 0) is 7.05 Å². The molecule has 0 unspecified atom stereocenters. The van der Waals surface area contributed by atoms with E-state index in [-0.39, 0.29) is 6.61 Å². The third-order valence-corrected chi connectivity index (χ3v) is 4.21. The van der Waals surface area contributed by atoms with Crippen LogP contribution in [0.1, 0.15) is 0 Å². The number of aryl methyl sites for hydroxylation is 1. The fourth-order valence-corrected chi connectivity index (χ4v) is 3.01. The summed E-state index contributed by atoms with van der Waals surface area (Å²) in [5.41, 5.74) is 3.19. The molecule has 0 saturated carbocycles. The molecule has 0 aliphatic rings. The van der Waals surface area contributed by atoms with E-state index in [4.69, 9.17) is 16.1 Å². The molecule has 0 saturated heterocycles. The molecule has 0 bridgehead atoms. The van der Waals surface area contributed by atoms with Gasteiger partial charge in [0.05, 0.1) is 11.0 Å². The van der Waals surface area contributed by atoms with Gasteiger partial charge in [0.25, 0.3) is 0 Å². The van der Waals surface area contributed by atoms with Gasteiger partial charge >= 0.3 is 0 Å². The van der Waals surface area contributed by atoms with Crippen LogP contribution >= 0.6 is 0 Å². The summed E-state index contributed by atoms with van der Waals surface area (Å²) in [5, 5.41) is 2.37. The van der Waals surface area contributed by atoms with Crippen molar-refractivity contribution in [2.24, 2.45) is 7.05 Å². The Hall–Kier alpha value is -3.25. The highest BCUT2D eigenvalue weighted by molar-refractivity contribution is 6.05. The van der Waals surface area contributed by atoms with Crippen molar-refractivity contribution >= 4 is 21.8 Å². The standard InChI is InChI=1S/C21H16N2O/c1-3-14-24-17-11-8-16(9-12-17)21-22-20-18-7-5-4-6-15(18)10-13-19(20)23(21)2/h1,4-13H,14H2,2H3. The minimum absolute atomic E-state index is 0.275. The molecular weight excluding hydrogens is 296 g/mol. The van der Waals surface area contributed by atoms with Crippen LogP contribution in [-0.4, -0.2) is 16.2 Å². The van der Waals surface area contributed by atoms with Crippen molar-refractivity contribution in [3.05, 3.63) is 60.7 Å². The van der Waals surface area contributed by atoms with Gasteiger partial charge in [0.1, 0.15) is 18.2 Å². The predicted octanol–water partition coefficient (Wildman–Crippen LogP) is 4.41. The number of fused-ring (bicyclic) bond motifs is 3. The van der Waals surface area contributed by atoms with E-state index in [1.165, 1.54) is 10.8 Å². The molecule has 0 atom stereocenters. The number of imidazole rings is 1. The fraction of sp³-hybridized carbons (Fsp3) is 0.0952. The Kier molecular flexibility index (Phi) is 3.44. The van der Waals surface area contributed by atoms with Gasteiger partial charge in [0, 0.05) is 18.0 Å². The second-order valence-electron chi connectivity index (χ2n) is 5.67. The second-order valence-corrected chi connectivity index (χ2v) is 5.67. The topological polar surface area (TPSA) is 27.1 Å². The fourth-order valence-electron chi connectivity index (χ4n) is 3.01. The van der Waals surface area contributed by atoms with Crippen LogP contribution in [0.15, 0.2) is 60.7 Å². The van der Waals surface area contributed by atoms with Gasteiger partial charge in [-0.1, -0.05) is 36.3 Å². The molecule has 1 heterocycles. The minimum atomic E-state index is 0.275. The van der Waals surface area contributed by atoms with Gasteiger partial charge in [0.15, 0.2) is 0 Å². The number of hydrogen-bond acceptors (Lipinski definition) is 2. The number of terminal acetylenes is 1. The Balaban J connectivity index is 1.83. The first-order valence-electron chi connectivity index (χ1n) is 7.79. The zero-order valence-corrected chi connectivity index (χ0v) is 13.4. The van der Waals surface area contributed by atoms with Gasteiger partial charge in [-0.15, -0.1) is 6.42 Å². The maximum atomic E-state index is 5.43. The molecule has 3 nitrogen and oxygen atoms in total. The van der Waals surface area contributed by atoms with E-state index in [0.29, 0.717) is 0 Å². The summed E-state index contributed by atoms with van der Waals surface area (Å²) in [6.45, 7) is 0.275. The van der Waals surface area contributed by atoms with Crippen molar-refractivity contribution in [1.82, 2.24) is 9.55 Å². The molecule has 0 aliphatic carbocycles. The summed E-state index contributed by atoms with van der Waals surface area (Å²) in [5.74, 6) is 4.17. The van der Waals surface area contributed by atoms with Crippen molar-refractivity contribution in [3.8, 4) is 29.5 Å². The van der Waals surface area contributed by atoms with Gasteiger partial charge in [-0.25, -0.2) is 4.98 Å². The summed E-state index contributed by atoms with van der Waals surface area (Å²) in [7, 11) is 2.04. The molecular formula is C21H16N2O. The predicted molar refractivity (Wildman–Crippen MR) is 98.0 cm³/mol. The number of aromatic nitrogens is 2. The number of hydrogen-bond donors (Lipinski definition) is 0. The van der Waals surface area contributed by atoms with Crippen LogP contribution in [0.25, 0.3) is 33.2 Å². The quantitative estimate of drug-likeness (QED) is 0.524. The lowest BCUT2D eigenvalue weighted by Gasteiger charge is -2.05. The molecule has 3 heteroatoms. The molecule has 0 radical (unpaired) electrons. The van der Waals surface area contributed by atoms with Gasteiger partial charge in [-0.3, -0.25) is 0 Å². The summed E-state index contributed by atoms with van der Waals surface area (Å²) in [6, 6.07) is 20.4.